The average Bonchev–Trinajstić information content (AvgIpc) is 2.66. The van der Waals surface area contributed by atoms with Crippen molar-refractivity contribution in [3.8, 4) is 11.4 Å². The smallest absolute Gasteiger partial charge is 0.343 e. The fraction of sp³-hybridized carbons (Fsp3) is 0.167. The number of rotatable bonds is 3. The number of nitrogens with one attached hydrogen (secondary N) is 1. The highest BCUT2D eigenvalue weighted by molar-refractivity contribution is 5.88. The molecule has 0 saturated carbocycles. The third-order valence-corrected chi connectivity index (χ3v) is 2.62. The number of H-pyrrole nitrogens is 1. The summed E-state index contributed by atoms with van der Waals surface area (Å²) in [5.41, 5.74) is -0.149. The van der Waals surface area contributed by atoms with Crippen LogP contribution in [0.25, 0.3) is 5.69 Å². The maximum absolute atomic E-state index is 12.0. The first-order chi connectivity index (χ1) is 8.54. The summed E-state index contributed by atoms with van der Waals surface area (Å²) in [6.07, 6.45) is 0.405. The Morgan fingerprint density at radius 1 is 1.44 bits per heavy atom. The normalized spacial score (nSPS) is 10.5. The number of nitrogens with zero attached hydrogens (tertiary/aromatic N) is 1. The number of aromatic hydroxyl groups is 1. The van der Waals surface area contributed by atoms with E-state index in [0.29, 0.717) is 17.8 Å². The largest absolute Gasteiger partial charge is 0.508 e. The maximum Gasteiger partial charge on any atom is 0.343 e. The van der Waals surface area contributed by atoms with Gasteiger partial charge in [-0.05, 0) is 18.6 Å². The van der Waals surface area contributed by atoms with Gasteiger partial charge in [-0.3, -0.25) is 9.89 Å². The van der Waals surface area contributed by atoms with E-state index in [9.17, 15) is 14.7 Å². The summed E-state index contributed by atoms with van der Waals surface area (Å²) in [7, 11) is 0. The third kappa shape index (κ3) is 1.88. The van der Waals surface area contributed by atoms with Crippen LogP contribution in [-0.2, 0) is 6.42 Å². The molecule has 1 aromatic heterocycles. The Morgan fingerprint density at radius 2 is 2.17 bits per heavy atom. The first-order valence-electron chi connectivity index (χ1n) is 5.41. The lowest BCUT2D eigenvalue weighted by molar-refractivity contribution is 0.0694. The molecule has 0 aliphatic carbocycles. The maximum atomic E-state index is 12.0. The third-order valence-electron chi connectivity index (χ3n) is 2.62. The molecule has 6 nitrogen and oxygen atoms in total. The number of hydrogen-bond acceptors (Lipinski definition) is 3. The van der Waals surface area contributed by atoms with E-state index < -0.39 is 11.5 Å². The van der Waals surface area contributed by atoms with Gasteiger partial charge in [0, 0.05) is 6.07 Å². The second-order valence-corrected chi connectivity index (χ2v) is 3.78. The van der Waals surface area contributed by atoms with Crippen LogP contribution in [0.2, 0.25) is 0 Å². The number of carboxylic acid groups (broad SMARTS) is 1. The van der Waals surface area contributed by atoms with Crippen molar-refractivity contribution < 1.29 is 15.0 Å². The molecule has 0 bridgehead atoms. The Bertz CT molecular complexity index is 654. The van der Waals surface area contributed by atoms with Crippen molar-refractivity contribution in [3.05, 3.63) is 45.9 Å². The molecule has 6 heteroatoms. The van der Waals surface area contributed by atoms with Crippen molar-refractivity contribution in [1.82, 2.24) is 9.78 Å². The van der Waals surface area contributed by atoms with E-state index in [4.69, 9.17) is 5.11 Å². The number of aromatic nitrogens is 2. The van der Waals surface area contributed by atoms with E-state index in [0.717, 1.165) is 4.68 Å². The minimum absolute atomic E-state index is 0.00363. The fourth-order valence-corrected chi connectivity index (χ4v) is 1.77. The zero-order valence-corrected chi connectivity index (χ0v) is 9.67. The van der Waals surface area contributed by atoms with Crippen LogP contribution in [0.3, 0.4) is 0 Å². The molecule has 0 fully saturated rings. The van der Waals surface area contributed by atoms with E-state index in [1.807, 2.05) is 0 Å². The minimum Gasteiger partial charge on any atom is -0.508 e. The predicted molar refractivity (Wildman–Crippen MR) is 64.4 cm³/mol. The molecule has 0 spiro atoms. The summed E-state index contributed by atoms with van der Waals surface area (Å²) in [6.45, 7) is 1.75. The second kappa shape index (κ2) is 4.40. The topological polar surface area (TPSA) is 95.3 Å². The highest BCUT2D eigenvalue weighted by Gasteiger charge is 2.19. The SMILES string of the molecule is CCc1[nH]n(-c2cccc(O)c2)c(=O)c1C(=O)O. The molecule has 2 rings (SSSR count). The number of aryl methyl sites for hydroxylation is 1. The summed E-state index contributed by atoms with van der Waals surface area (Å²) < 4.78 is 1.11. The molecule has 0 atom stereocenters. The molecule has 0 radical (unpaired) electrons. The van der Waals surface area contributed by atoms with E-state index in [1.54, 1.807) is 19.1 Å². The molecule has 0 aliphatic rings. The molecule has 3 N–H and O–H groups in total. The number of phenols is 1. The lowest BCUT2D eigenvalue weighted by Gasteiger charge is -2.01. The second-order valence-electron chi connectivity index (χ2n) is 3.78. The molecule has 0 unspecified atom stereocenters. The first kappa shape index (κ1) is 12.0. The summed E-state index contributed by atoms with van der Waals surface area (Å²) >= 11 is 0. The lowest BCUT2D eigenvalue weighted by Crippen LogP contribution is -2.20. The average molecular weight is 248 g/mol. The van der Waals surface area contributed by atoms with Gasteiger partial charge in [0.15, 0.2) is 0 Å². The Balaban J connectivity index is 2.67. The molecular formula is C12H12N2O4. The van der Waals surface area contributed by atoms with Crippen molar-refractivity contribution in [2.45, 2.75) is 13.3 Å². The van der Waals surface area contributed by atoms with Gasteiger partial charge >= 0.3 is 5.97 Å². The van der Waals surface area contributed by atoms with Gasteiger partial charge in [0.1, 0.15) is 11.3 Å². The quantitative estimate of drug-likeness (QED) is 0.758. The summed E-state index contributed by atoms with van der Waals surface area (Å²) in [6, 6.07) is 6.02. The van der Waals surface area contributed by atoms with Crippen LogP contribution in [0.4, 0.5) is 0 Å². The van der Waals surface area contributed by atoms with Gasteiger partial charge in [0.25, 0.3) is 5.56 Å². The van der Waals surface area contributed by atoms with Crippen molar-refractivity contribution in [1.29, 1.82) is 0 Å². The van der Waals surface area contributed by atoms with Crippen LogP contribution in [0.15, 0.2) is 29.1 Å². The summed E-state index contributed by atoms with van der Waals surface area (Å²) in [5.74, 6) is -1.25. The van der Waals surface area contributed by atoms with Gasteiger partial charge in [-0.15, -0.1) is 0 Å². The zero-order valence-electron chi connectivity index (χ0n) is 9.67. The number of hydrogen-bond donors (Lipinski definition) is 3. The van der Waals surface area contributed by atoms with Crippen LogP contribution in [0.5, 0.6) is 5.75 Å². The van der Waals surface area contributed by atoms with E-state index in [1.165, 1.54) is 12.1 Å². The van der Waals surface area contributed by atoms with Gasteiger partial charge in [-0.1, -0.05) is 13.0 Å². The van der Waals surface area contributed by atoms with Crippen LogP contribution in [0, 0.1) is 0 Å². The van der Waals surface area contributed by atoms with Gasteiger partial charge in [0.2, 0.25) is 0 Å². The first-order valence-corrected chi connectivity index (χ1v) is 5.41. The molecule has 0 aliphatic heterocycles. The summed E-state index contributed by atoms with van der Waals surface area (Å²) in [4.78, 5) is 23.0. The number of carbonyl (C=O) groups is 1. The highest BCUT2D eigenvalue weighted by Crippen LogP contribution is 2.14. The molecule has 0 saturated heterocycles. The Hall–Kier alpha value is -2.50. The van der Waals surface area contributed by atoms with Gasteiger partial charge in [0.05, 0.1) is 11.4 Å². The van der Waals surface area contributed by atoms with Gasteiger partial charge < -0.3 is 10.2 Å². The number of phenolic OH excluding ortho intramolecular Hbond substituents is 1. The number of benzene rings is 1. The van der Waals surface area contributed by atoms with Crippen LogP contribution < -0.4 is 5.56 Å². The summed E-state index contributed by atoms with van der Waals surface area (Å²) in [5, 5.41) is 21.1. The Kier molecular flexibility index (Phi) is 2.93. The lowest BCUT2D eigenvalue weighted by atomic mass is 10.2. The Labute approximate surface area is 102 Å². The fourth-order valence-electron chi connectivity index (χ4n) is 1.77. The minimum atomic E-state index is -1.26. The van der Waals surface area contributed by atoms with Crippen LogP contribution in [0.1, 0.15) is 23.0 Å². The van der Waals surface area contributed by atoms with Gasteiger partial charge in [-0.25, -0.2) is 9.48 Å². The van der Waals surface area contributed by atoms with Crippen molar-refractivity contribution in [2.24, 2.45) is 0 Å². The molecule has 0 amide bonds. The number of aromatic carboxylic acids is 1. The van der Waals surface area contributed by atoms with E-state index in [2.05, 4.69) is 5.10 Å². The standard InChI is InChI=1S/C12H12N2O4/c1-2-9-10(12(17)18)11(16)14(13-9)7-4-3-5-8(15)6-7/h3-6,13,15H,2H2,1H3,(H,17,18). The predicted octanol–water partition coefficient (Wildman–Crippen LogP) is 1.13. The van der Waals surface area contributed by atoms with E-state index in [-0.39, 0.29) is 11.3 Å². The molecule has 94 valence electrons. The van der Waals surface area contributed by atoms with Crippen molar-refractivity contribution in [2.75, 3.05) is 0 Å². The zero-order chi connectivity index (χ0) is 13.3. The van der Waals surface area contributed by atoms with Crippen molar-refractivity contribution >= 4 is 5.97 Å². The molecule has 18 heavy (non-hydrogen) atoms. The highest BCUT2D eigenvalue weighted by atomic mass is 16.4. The molecule has 1 aromatic carbocycles. The van der Waals surface area contributed by atoms with Crippen LogP contribution in [-0.4, -0.2) is 26.0 Å². The molecule has 2 aromatic rings. The van der Waals surface area contributed by atoms with Crippen LogP contribution >= 0.6 is 0 Å². The molecule has 1 heterocycles. The monoisotopic (exact) mass is 248 g/mol. The molecular weight excluding hydrogens is 236 g/mol. The van der Waals surface area contributed by atoms with E-state index >= 15 is 0 Å². The number of aromatic amines is 1. The van der Waals surface area contributed by atoms with Gasteiger partial charge in [-0.2, -0.15) is 0 Å². The Morgan fingerprint density at radius 3 is 2.67 bits per heavy atom. The number of carboxylic acids is 1. The van der Waals surface area contributed by atoms with Crippen molar-refractivity contribution in [3.63, 3.8) is 0 Å².